The van der Waals surface area contributed by atoms with Crippen LogP contribution in [0.3, 0.4) is 0 Å². The molecule has 5 heteroatoms. The Bertz CT molecular complexity index is 854. The summed E-state index contributed by atoms with van der Waals surface area (Å²) in [6.45, 7) is 6.12. The summed E-state index contributed by atoms with van der Waals surface area (Å²) >= 11 is 1.76. The Balaban J connectivity index is 1.52. The van der Waals surface area contributed by atoms with Crippen LogP contribution in [-0.4, -0.2) is 21.3 Å². The number of fused-ring (bicyclic) bond motifs is 1. The van der Waals surface area contributed by atoms with Crippen molar-refractivity contribution < 1.29 is 0 Å². The molecule has 0 atom stereocenters. The molecule has 4 nitrogen and oxygen atoms in total. The maximum Gasteiger partial charge on any atom is 0.232 e. The minimum absolute atomic E-state index is 0.921. The second kappa shape index (κ2) is 6.32. The van der Waals surface area contributed by atoms with Crippen LogP contribution in [-0.2, 0) is 12.3 Å². The quantitative estimate of drug-likeness (QED) is 0.664. The highest BCUT2D eigenvalue weighted by molar-refractivity contribution is 7.98. The smallest absolute Gasteiger partial charge is 0.232 e. The highest BCUT2D eigenvalue weighted by atomic mass is 32.2. The van der Waals surface area contributed by atoms with Gasteiger partial charge in [0.2, 0.25) is 5.95 Å². The standard InChI is InChI=1S/C19H20N4S/c1-14-6-8-17(9-7-14)22-10-11-23-18(22)20-21-19(23)24-13-16-5-3-4-15(2)12-16/h3-9,12H,10-11,13H2,1-2H3. The van der Waals surface area contributed by atoms with E-state index < -0.39 is 0 Å². The molecule has 3 aromatic rings. The third kappa shape index (κ3) is 2.91. The average molecular weight is 336 g/mol. The van der Waals surface area contributed by atoms with Gasteiger partial charge in [0.1, 0.15) is 0 Å². The molecule has 4 rings (SSSR count). The SMILES string of the molecule is Cc1ccc(N2CCn3c(SCc4cccc(C)c4)nnc32)cc1. The molecule has 24 heavy (non-hydrogen) atoms. The Morgan fingerprint density at radius 3 is 2.58 bits per heavy atom. The first-order chi connectivity index (χ1) is 11.7. The van der Waals surface area contributed by atoms with Gasteiger partial charge in [-0.15, -0.1) is 10.2 Å². The Morgan fingerprint density at radius 1 is 0.958 bits per heavy atom. The molecule has 0 unspecified atom stereocenters. The van der Waals surface area contributed by atoms with Gasteiger partial charge in [-0.3, -0.25) is 4.57 Å². The third-order valence-corrected chi connectivity index (χ3v) is 5.32. The van der Waals surface area contributed by atoms with Crippen LogP contribution < -0.4 is 4.90 Å². The van der Waals surface area contributed by atoms with E-state index in [0.717, 1.165) is 29.9 Å². The summed E-state index contributed by atoms with van der Waals surface area (Å²) in [6.07, 6.45) is 0. The predicted octanol–water partition coefficient (Wildman–Crippen LogP) is 4.34. The minimum Gasteiger partial charge on any atom is -0.309 e. The second-order valence-corrected chi connectivity index (χ2v) is 7.14. The van der Waals surface area contributed by atoms with Gasteiger partial charge in [0.05, 0.1) is 0 Å². The number of aryl methyl sites for hydroxylation is 2. The Kier molecular flexibility index (Phi) is 4.02. The molecule has 0 N–H and O–H groups in total. The van der Waals surface area contributed by atoms with Crippen molar-refractivity contribution in [2.45, 2.75) is 31.3 Å². The lowest BCUT2D eigenvalue weighted by molar-refractivity contribution is 0.704. The number of rotatable bonds is 4. The van der Waals surface area contributed by atoms with E-state index in [-0.39, 0.29) is 0 Å². The Morgan fingerprint density at radius 2 is 1.79 bits per heavy atom. The van der Waals surface area contributed by atoms with Crippen molar-refractivity contribution in [1.82, 2.24) is 14.8 Å². The fourth-order valence-corrected chi connectivity index (χ4v) is 3.90. The van der Waals surface area contributed by atoms with Gasteiger partial charge in [-0.2, -0.15) is 0 Å². The molecular weight excluding hydrogens is 316 g/mol. The van der Waals surface area contributed by atoms with Crippen LogP contribution in [0.4, 0.5) is 11.6 Å². The highest BCUT2D eigenvalue weighted by Gasteiger charge is 2.25. The zero-order valence-electron chi connectivity index (χ0n) is 13.9. The topological polar surface area (TPSA) is 34.0 Å². The van der Waals surface area contributed by atoms with Crippen molar-refractivity contribution in [3.63, 3.8) is 0 Å². The van der Waals surface area contributed by atoms with E-state index in [9.17, 15) is 0 Å². The Labute approximate surface area is 146 Å². The number of hydrogen-bond donors (Lipinski definition) is 0. The molecule has 2 heterocycles. The molecule has 0 bridgehead atoms. The van der Waals surface area contributed by atoms with E-state index in [1.54, 1.807) is 11.8 Å². The van der Waals surface area contributed by atoms with Gasteiger partial charge in [0.15, 0.2) is 5.16 Å². The van der Waals surface area contributed by atoms with Gasteiger partial charge in [0.25, 0.3) is 0 Å². The van der Waals surface area contributed by atoms with Crippen LogP contribution in [0, 0.1) is 13.8 Å². The molecule has 2 aromatic carbocycles. The molecule has 0 spiro atoms. The molecular formula is C19H20N4S. The molecule has 1 aliphatic rings. The first-order valence-corrected chi connectivity index (χ1v) is 9.15. The van der Waals surface area contributed by atoms with Crippen molar-refractivity contribution in [3.05, 3.63) is 65.2 Å². The summed E-state index contributed by atoms with van der Waals surface area (Å²) in [5, 5.41) is 9.83. The summed E-state index contributed by atoms with van der Waals surface area (Å²) in [6, 6.07) is 17.2. The largest absolute Gasteiger partial charge is 0.309 e. The van der Waals surface area contributed by atoms with Crippen molar-refractivity contribution >= 4 is 23.4 Å². The average Bonchev–Trinajstić information content (AvgIpc) is 3.16. The van der Waals surface area contributed by atoms with Crippen molar-refractivity contribution in [2.75, 3.05) is 11.4 Å². The lowest BCUT2D eigenvalue weighted by Crippen LogP contribution is -2.14. The summed E-state index contributed by atoms with van der Waals surface area (Å²) in [4.78, 5) is 2.24. The molecule has 0 amide bonds. The van der Waals surface area contributed by atoms with Crippen molar-refractivity contribution in [1.29, 1.82) is 0 Å². The molecule has 122 valence electrons. The maximum atomic E-state index is 4.42. The number of thioether (sulfide) groups is 1. The summed E-state index contributed by atoms with van der Waals surface area (Å²) in [5.41, 5.74) is 5.08. The zero-order chi connectivity index (χ0) is 16.5. The molecule has 0 fully saturated rings. The van der Waals surface area contributed by atoms with E-state index >= 15 is 0 Å². The van der Waals surface area contributed by atoms with Crippen LogP contribution in [0.5, 0.6) is 0 Å². The normalized spacial score (nSPS) is 13.3. The zero-order valence-corrected chi connectivity index (χ0v) is 14.8. The van der Waals surface area contributed by atoms with E-state index in [0.29, 0.717) is 0 Å². The summed E-state index contributed by atoms with van der Waals surface area (Å²) < 4.78 is 2.22. The number of hydrogen-bond acceptors (Lipinski definition) is 4. The van der Waals surface area contributed by atoms with Crippen molar-refractivity contribution in [2.24, 2.45) is 0 Å². The molecule has 1 aliphatic heterocycles. The first-order valence-electron chi connectivity index (χ1n) is 8.16. The van der Waals surface area contributed by atoms with Crippen LogP contribution >= 0.6 is 11.8 Å². The van der Waals surface area contributed by atoms with Crippen LogP contribution in [0.15, 0.2) is 53.7 Å². The molecule has 0 aliphatic carbocycles. The van der Waals surface area contributed by atoms with Crippen molar-refractivity contribution in [3.8, 4) is 0 Å². The lowest BCUT2D eigenvalue weighted by Gasteiger charge is -2.15. The maximum absolute atomic E-state index is 4.42. The van der Waals surface area contributed by atoms with E-state index in [1.165, 1.54) is 22.4 Å². The van der Waals surface area contributed by atoms with E-state index in [4.69, 9.17) is 0 Å². The lowest BCUT2D eigenvalue weighted by atomic mass is 10.2. The molecule has 1 aromatic heterocycles. The van der Waals surface area contributed by atoms with Crippen LogP contribution in [0.2, 0.25) is 0 Å². The second-order valence-electron chi connectivity index (χ2n) is 6.20. The third-order valence-electron chi connectivity index (χ3n) is 4.28. The van der Waals surface area contributed by atoms with Crippen LogP contribution in [0.1, 0.15) is 16.7 Å². The number of nitrogens with zero attached hydrogens (tertiary/aromatic N) is 4. The van der Waals surface area contributed by atoms with Gasteiger partial charge in [0, 0.05) is 24.5 Å². The van der Waals surface area contributed by atoms with Gasteiger partial charge in [-0.1, -0.05) is 59.3 Å². The molecule has 0 radical (unpaired) electrons. The fourth-order valence-electron chi connectivity index (χ4n) is 3.00. The van der Waals surface area contributed by atoms with Gasteiger partial charge in [-0.05, 0) is 31.5 Å². The predicted molar refractivity (Wildman–Crippen MR) is 98.9 cm³/mol. The highest BCUT2D eigenvalue weighted by Crippen LogP contribution is 2.33. The number of anilines is 2. The fraction of sp³-hybridized carbons (Fsp3) is 0.263. The van der Waals surface area contributed by atoms with Gasteiger partial charge in [-0.25, -0.2) is 0 Å². The van der Waals surface area contributed by atoms with Crippen LogP contribution in [0.25, 0.3) is 0 Å². The van der Waals surface area contributed by atoms with E-state index in [2.05, 4.69) is 82.0 Å². The summed E-state index contributed by atoms with van der Waals surface area (Å²) in [5.74, 6) is 1.87. The summed E-state index contributed by atoms with van der Waals surface area (Å²) in [7, 11) is 0. The monoisotopic (exact) mass is 336 g/mol. The van der Waals surface area contributed by atoms with E-state index in [1.807, 2.05) is 0 Å². The first kappa shape index (κ1) is 15.3. The molecule has 0 saturated carbocycles. The number of aromatic nitrogens is 3. The Hall–Kier alpha value is -2.27. The van der Waals surface area contributed by atoms with Gasteiger partial charge < -0.3 is 4.90 Å². The minimum atomic E-state index is 0.921. The van der Waals surface area contributed by atoms with Gasteiger partial charge >= 0.3 is 0 Å². The molecule has 0 saturated heterocycles. The number of benzene rings is 2.